The molecule has 8 heteroatoms. The van der Waals surface area contributed by atoms with E-state index >= 15 is 0 Å². The molecule has 1 N–H and O–H groups in total. The molecule has 2 unspecified atom stereocenters. The minimum atomic E-state index is -0.341. The van der Waals surface area contributed by atoms with Crippen LogP contribution >= 0.6 is 0 Å². The predicted molar refractivity (Wildman–Crippen MR) is 107 cm³/mol. The Morgan fingerprint density at radius 2 is 1.79 bits per heavy atom. The number of fused-ring (bicyclic) bond motifs is 1. The molecule has 152 valence electrons. The first-order valence-corrected chi connectivity index (χ1v) is 9.93. The van der Waals surface area contributed by atoms with E-state index in [9.17, 15) is 14.4 Å². The Morgan fingerprint density at radius 3 is 2.55 bits per heavy atom. The second-order valence-corrected chi connectivity index (χ2v) is 7.33. The third kappa shape index (κ3) is 4.01. The van der Waals surface area contributed by atoms with Crippen molar-refractivity contribution in [2.75, 3.05) is 38.1 Å². The molecule has 2 aromatic rings. The molecule has 1 aliphatic carbocycles. The van der Waals surface area contributed by atoms with Crippen LogP contribution in [0.4, 0.5) is 10.5 Å². The van der Waals surface area contributed by atoms with Gasteiger partial charge in [0.05, 0.1) is 29.6 Å². The lowest BCUT2D eigenvalue weighted by atomic mass is 10.2. The highest BCUT2D eigenvalue weighted by Gasteiger charge is 2.50. The van der Waals surface area contributed by atoms with E-state index in [0.717, 1.165) is 10.9 Å². The van der Waals surface area contributed by atoms with Gasteiger partial charge in [-0.05, 0) is 25.5 Å². The van der Waals surface area contributed by atoms with Gasteiger partial charge in [0, 0.05) is 37.8 Å². The summed E-state index contributed by atoms with van der Waals surface area (Å²) in [5, 5.41) is 3.88. The number of benzene rings is 1. The van der Waals surface area contributed by atoms with Crippen molar-refractivity contribution in [3.8, 4) is 0 Å². The second kappa shape index (κ2) is 8.06. The van der Waals surface area contributed by atoms with Crippen LogP contribution in [0.25, 0.3) is 10.9 Å². The third-order valence-electron chi connectivity index (χ3n) is 5.45. The molecule has 1 aromatic heterocycles. The number of nitrogens with one attached hydrogen (secondary N) is 1. The number of para-hydroxylation sites is 1. The predicted octanol–water partition coefficient (Wildman–Crippen LogP) is 2.11. The summed E-state index contributed by atoms with van der Waals surface area (Å²) in [5.41, 5.74) is 1.40. The van der Waals surface area contributed by atoms with Crippen molar-refractivity contribution in [3.05, 3.63) is 36.5 Å². The molecular weight excluding hydrogens is 372 g/mol. The highest BCUT2D eigenvalue weighted by Crippen LogP contribution is 2.41. The molecule has 2 fully saturated rings. The van der Waals surface area contributed by atoms with Crippen LogP contribution in [0.1, 0.15) is 13.3 Å². The molecule has 2 atom stereocenters. The lowest BCUT2D eigenvalue weighted by molar-refractivity contribution is -0.135. The van der Waals surface area contributed by atoms with Crippen molar-refractivity contribution in [3.63, 3.8) is 0 Å². The van der Waals surface area contributed by atoms with Crippen molar-refractivity contribution in [1.29, 1.82) is 0 Å². The molecule has 4 rings (SSSR count). The minimum absolute atomic E-state index is 0.00953. The fourth-order valence-corrected chi connectivity index (χ4v) is 3.75. The fraction of sp³-hybridized carbons (Fsp3) is 0.429. The molecule has 2 heterocycles. The zero-order valence-electron chi connectivity index (χ0n) is 16.3. The Morgan fingerprint density at radius 1 is 1.07 bits per heavy atom. The van der Waals surface area contributed by atoms with Gasteiger partial charge in [-0.25, -0.2) is 4.79 Å². The Kier molecular flexibility index (Phi) is 5.33. The molecule has 0 spiro atoms. The molecule has 1 saturated heterocycles. The van der Waals surface area contributed by atoms with Gasteiger partial charge in [-0.15, -0.1) is 0 Å². The van der Waals surface area contributed by atoms with Gasteiger partial charge in [0.1, 0.15) is 0 Å². The van der Waals surface area contributed by atoms with Crippen LogP contribution in [-0.2, 0) is 14.3 Å². The lowest BCUT2D eigenvalue weighted by Gasteiger charge is -2.34. The van der Waals surface area contributed by atoms with Gasteiger partial charge in [0.15, 0.2) is 0 Å². The van der Waals surface area contributed by atoms with Crippen LogP contribution in [-0.4, -0.2) is 65.5 Å². The number of amides is 3. The van der Waals surface area contributed by atoms with E-state index < -0.39 is 0 Å². The number of hydrogen-bond donors (Lipinski definition) is 1. The number of pyridine rings is 1. The van der Waals surface area contributed by atoms with E-state index in [1.165, 1.54) is 0 Å². The van der Waals surface area contributed by atoms with E-state index in [2.05, 4.69) is 10.3 Å². The molecule has 3 amide bonds. The first kappa shape index (κ1) is 19.2. The molecule has 29 heavy (non-hydrogen) atoms. The number of aromatic nitrogens is 1. The summed E-state index contributed by atoms with van der Waals surface area (Å²) in [4.78, 5) is 44.9. The highest BCUT2D eigenvalue weighted by atomic mass is 16.6. The summed E-state index contributed by atoms with van der Waals surface area (Å²) >= 11 is 0. The smallest absolute Gasteiger partial charge is 0.409 e. The van der Waals surface area contributed by atoms with E-state index in [1.54, 1.807) is 22.9 Å². The third-order valence-corrected chi connectivity index (χ3v) is 5.45. The molecule has 1 aromatic carbocycles. The van der Waals surface area contributed by atoms with E-state index in [0.29, 0.717) is 44.9 Å². The number of piperazine rings is 1. The summed E-state index contributed by atoms with van der Waals surface area (Å²) in [5.74, 6) is -0.756. The van der Waals surface area contributed by atoms with E-state index in [4.69, 9.17) is 4.74 Å². The van der Waals surface area contributed by atoms with Gasteiger partial charge in [-0.3, -0.25) is 14.6 Å². The second-order valence-electron chi connectivity index (χ2n) is 7.33. The van der Waals surface area contributed by atoms with Gasteiger partial charge < -0.3 is 19.9 Å². The van der Waals surface area contributed by atoms with Gasteiger partial charge in [-0.2, -0.15) is 0 Å². The maximum atomic E-state index is 12.7. The molecule has 0 radical (unpaired) electrons. The Hall–Kier alpha value is -3.16. The number of nitrogens with zero attached hydrogens (tertiary/aromatic N) is 3. The van der Waals surface area contributed by atoms with Crippen molar-refractivity contribution < 1.29 is 19.1 Å². The first-order valence-electron chi connectivity index (χ1n) is 9.93. The molecule has 8 nitrogen and oxygen atoms in total. The summed E-state index contributed by atoms with van der Waals surface area (Å²) in [7, 11) is 0. The Bertz CT molecular complexity index is 934. The largest absolute Gasteiger partial charge is 0.450 e. The molecule has 1 aliphatic heterocycles. The highest BCUT2D eigenvalue weighted by molar-refractivity contribution is 6.04. The van der Waals surface area contributed by atoms with Crippen LogP contribution < -0.4 is 5.32 Å². The van der Waals surface area contributed by atoms with Crippen molar-refractivity contribution in [2.45, 2.75) is 13.3 Å². The van der Waals surface area contributed by atoms with E-state index in [1.807, 2.05) is 30.3 Å². The Balaban J connectivity index is 1.32. The van der Waals surface area contributed by atoms with Gasteiger partial charge in [0.2, 0.25) is 11.8 Å². The van der Waals surface area contributed by atoms with Crippen molar-refractivity contribution >= 4 is 34.5 Å². The van der Waals surface area contributed by atoms with Gasteiger partial charge in [-0.1, -0.05) is 18.2 Å². The molecule has 0 bridgehead atoms. The van der Waals surface area contributed by atoms with Crippen LogP contribution in [0.5, 0.6) is 0 Å². The topological polar surface area (TPSA) is 91.8 Å². The van der Waals surface area contributed by atoms with Gasteiger partial charge in [0.25, 0.3) is 0 Å². The van der Waals surface area contributed by atoms with Crippen LogP contribution in [0, 0.1) is 11.8 Å². The van der Waals surface area contributed by atoms with E-state index in [-0.39, 0.29) is 29.7 Å². The van der Waals surface area contributed by atoms with Crippen LogP contribution in [0.3, 0.4) is 0 Å². The summed E-state index contributed by atoms with van der Waals surface area (Å²) in [6.07, 6.45) is 1.91. The summed E-state index contributed by atoms with van der Waals surface area (Å²) in [6.45, 7) is 3.95. The van der Waals surface area contributed by atoms with Crippen LogP contribution in [0.15, 0.2) is 36.5 Å². The monoisotopic (exact) mass is 396 g/mol. The van der Waals surface area contributed by atoms with Crippen molar-refractivity contribution in [1.82, 2.24) is 14.8 Å². The number of carbonyl (C=O) groups is 3. The number of hydrogen-bond acceptors (Lipinski definition) is 5. The first-order chi connectivity index (χ1) is 14.1. The van der Waals surface area contributed by atoms with Crippen molar-refractivity contribution in [2.24, 2.45) is 11.8 Å². The molecule has 2 aliphatic rings. The number of rotatable bonds is 4. The molecule has 1 saturated carbocycles. The fourth-order valence-electron chi connectivity index (χ4n) is 3.75. The van der Waals surface area contributed by atoms with Crippen LogP contribution in [0.2, 0.25) is 0 Å². The maximum absolute atomic E-state index is 12.7. The average Bonchev–Trinajstić information content (AvgIpc) is 3.55. The summed E-state index contributed by atoms with van der Waals surface area (Å²) < 4.78 is 5.00. The SMILES string of the molecule is CCOC(=O)N1CCN(C(=O)C2CC2C(=O)Nc2cccc3cccnc23)CC1. The van der Waals surface area contributed by atoms with Gasteiger partial charge >= 0.3 is 6.09 Å². The number of anilines is 1. The number of ether oxygens (including phenoxy) is 1. The number of carbonyl (C=O) groups excluding carboxylic acids is 3. The maximum Gasteiger partial charge on any atom is 0.409 e. The minimum Gasteiger partial charge on any atom is -0.450 e. The average molecular weight is 396 g/mol. The zero-order chi connectivity index (χ0) is 20.4. The Labute approximate surface area is 168 Å². The summed E-state index contributed by atoms with van der Waals surface area (Å²) in [6, 6.07) is 9.43. The zero-order valence-corrected chi connectivity index (χ0v) is 16.3. The quantitative estimate of drug-likeness (QED) is 0.855. The standard InChI is InChI=1S/C21H24N4O4/c1-2-29-21(28)25-11-9-24(10-12-25)20(27)16-13-15(16)19(26)23-17-7-3-5-14-6-4-8-22-18(14)17/h3-8,15-16H,2,9-13H2,1H3,(H,23,26). The lowest BCUT2D eigenvalue weighted by Crippen LogP contribution is -2.51. The normalized spacial score (nSPS) is 21.0. The molecular formula is C21H24N4O4.